The van der Waals surface area contributed by atoms with Crippen molar-refractivity contribution in [3.8, 4) is 0 Å². The number of aromatic nitrogens is 2. The molecular formula is C12H24N2. The topological polar surface area (TPSA) is 17.8 Å². The standard InChI is InChI=1S/C7H16.C5H8N2/c1-3-5-7-6-4-2;1-2-7-5-3-4-6-7/h3-7H2,1-2H3;3-5H,2H2,1H3. The van der Waals surface area contributed by atoms with Crippen molar-refractivity contribution in [2.24, 2.45) is 0 Å². The van der Waals surface area contributed by atoms with Crippen LogP contribution in [0.25, 0.3) is 0 Å². The molecule has 0 N–H and O–H groups in total. The summed E-state index contributed by atoms with van der Waals surface area (Å²) in [6, 6.07) is 1.92. The summed E-state index contributed by atoms with van der Waals surface area (Å²) in [5.74, 6) is 0. The Morgan fingerprint density at radius 3 is 1.93 bits per heavy atom. The van der Waals surface area contributed by atoms with Crippen LogP contribution >= 0.6 is 0 Å². The Kier molecular flexibility index (Phi) is 9.71. The van der Waals surface area contributed by atoms with E-state index in [4.69, 9.17) is 0 Å². The zero-order valence-corrected chi connectivity index (χ0v) is 9.87. The molecule has 0 spiro atoms. The summed E-state index contributed by atoms with van der Waals surface area (Å²) in [6.07, 6.45) is 10.7. The Hall–Kier alpha value is -0.790. The number of aryl methyl sites for hydroxylation is 1. The molecule has 0 aliphatic heterocycles. The van der Waals surface area contributed by atoms with E-state index >= 15 is 0 Å². The number of hydrogen-bond acceptors (Lipinski definition) is 1. The summed E-state index contributed by atoms with van der Waals surface area (Å²) in [7, 11) is 0. The predicted octanol–water partition coefficient (Wildman–Crippen LogP) is 3.88. The zero-order valence-electron chi connectivity index (χ0n) is 9.87. The number of unbranched alkanes of at least 4 members (excludes halogenated alkanes) is 4. The van der Waals surface area contributed by atoms with Gasteiger partial charge in [0.1, 0.15) is 0 Å². The molecule has 0 saturated heterocycles. The Morgan fingerprint density at radius 1 is 1.00 bits per heavy atom. The number of rotatable bonds is 5. The Bertz CT molecular complexity index is 176. The minimum Gasteiger partial charge on any atom is -0.273 e. The molecule has 2 nitrogen and oxygen atoms in total. The summed E-state index contributed by atoms with van der Waals surface area (Å²) >= 11 is 0. The molecule has 1 rings (SSSR count). The molecule has 0 fully saturated rings. The molecule has 0 aliphatic carbocycles. The van der Waals surface area contributed by atoms with Crippen LogP contribution < -0.4 is 0 Å². The van der Waals surface area contributed by atoms with Crippen LogP contribution in [0.3, 0.4) is 0 Å². The zero-order chi connectivity index (χ0) is 10.6. The van der Waals surface area contributed by atoms with E-state index < -0.39 is 0 Å². The van der Waals surface area contributed by atoms with E-state index in [0.717, 1.165) is 6.54 Å². The molecule has 0 amide bonds. The van der Waals surface area contributed by atoms with Crippen molar-refractivity contribution in [1.82, 2.24) is 9.78 Å². The van der Waals surface area contributed by atoms with Gasteiger partial charge in [-0.15, -0.1) is 0 Å². The van der Waals surface area contributed by atoms with Gasteiger partial charge in [0, 0.05) is 18.9 Å². The Morgan fingerprint density at radius 2 is 1.64 bits per heavy atom. The molecule has 1 heterocycles. The molecule has 0 bridgehead atoms. The van der Waals surface area contributed by atoms with E-state index in [9.17, 15) is 0 Å². The third-order valence-corrected chi connectivity index (χ3v) is 2.09. The van der Waals surface area contributed by atoms with Gasteiger partial charge in [0.2, 0.25) is 0 Å². The van der Waals surface area contributed by atoms with Gasteiger partial charge in [0.05, 0.1) is 0 Å². The lowest BCUT2D eigenvalue weighted by Crippen LogP contribution is -1.91. The van der Waals surface area contributed by atoms with Gasteiger partial charge in [-0.2, -0.15) is 5.10 Å². The molecule has 0 radical (unpaired) electrons. The average Bonchev–Trinajstić information content (AvgIpc) is 2.72. The minimum absolute atomic E-state index is 0.965. The van der Waals surface area contributed by atoms with E-state index in [-0.39, 0.29) is 0 Å². The first-order valence-electron chi connectivity index (χ1n) is 5.82. The molecule has 0 saturated carbocycles. The van der Waals surface area contributed by atoms with E-state index in [1.807, 2.05) is 16.9 Å². The molecule has 0 aromatic carbocycles. The van der Waals surface area contributed by atoms with E-state index in [2.05, 4.69) is 25.9 Å². The molecule has 0 unspecified atom stereocenters. The van der Waals surface area contributed by atoms with Crippen LogP contribution in [0, 0.1) is 0 Å². The van der Waals surface area contributed by atoms with Gasteiger partial charge in [-0.3, -0.25) is 4.68 Å². The van der Waals surface area contributed by atoms with Crippen molar-refractivity contribution >= 4 is 0 Å². The van der Waals surface area contributed by atoms with E-state index in [1.165, 1.54) is 32.1 Å². The van der Waals surface area contributed by atoms with E-state index in [0.29, 0.717) is 0 Å². The summed E-state index contributed by atoms with van der Waals surface area (Å²) in [5, 5.41) is 3.95. The summed E-state index contributed by atoms with van der Waals surface area (Å²) in [6.45, 7) is 7.52. The highest BCUT2D eigenvalue weighted by Crippen LogP contribution is 2.00. The predicted molar refractivity (Wildman–Crippen MR) is 62.3 cm³/mol. The lowest BCUT2D eigenvalue weighted by atomic mass is 10.2. The van der Waals surface area contributed by atoms with Crippen molar-refractivity contribution in [3.05, 3.63) is 18.5 Å². The van der Waals surface area contributed by atoms with Crippen molar-refractivity contribution in [2.45, 2.75) is 59.4 Å². The fourth-order valence-electron chi connectivity index (χ4n) is 1.16. The van der Waals surface area contributed by atoms with Gasteiger partial charge in [-0.25, -0.2) is 0 Å². The first-order valence-corrected chi connectivity index (χ1v) is 5.82. The highest BCUT2D eigenvalue weighted by Gasteiger charge is 1.80. The van der Waals surface area contributed by atoms with Gasteiger partial charge in [-0.1, -0.05) is 46.0 Å². The van der Waals surface area contributed by atoms with Crippen molar-refractivity contribution < 1.29 is 0 Å². The van der Waals surface area contributed by atoms with Gasteiger partial charge >= 0.3 is 0 Å². The fraction of sp³-hybridized carbons (Fsp3) is 0.750. The van der Waals surface area contributed by atoms with E-state index in [1.54, 1.807) is 6.20 Å². The molecule has 0 atom stereocenters. The first kappa shape index (κ1) is 13.2. The number of nitrogens with zero attached hydrogens (tertiary/aromatic N) is 2. The Labute approximate surface area is 88.3 Å². The SMILES string of the molecule is CCCCCCC.CCn1cccn1. The summed E-state index contributed by atoms with van der Waals surface area (Å²) < 4.78 is 1.88. The second-order valence-electron chi connectivity index (χ2n) is 3.42. The maximum atomic E-state index is 3.95. The molecule has 82 valence electrons. The molecule has 1 aromatic heterocycles. The van der Waals surface area contributed by atoms with Crippen LogP contribution in [0.15, 0.2) is 18.5 Å². The van der Waals surface area contributed by atoms with Crippen molar-refractivity contribution in [1.29, 1.82) is 0 Å². The molecule has 2 heteroatoms. The maximum absolute atomic E-state index is 3.95. The van der Waals surface area contributed by atoms with Gasteiger partial charge in [0.25, 0.3) is 0 Å². The maximum Gasteiger partial charge on any atom is 0.0489 e. The quantitative estimate of drug-likeness (QED) is 0.653. The summed E-state index contributed by atoms with van der Waals surface area (Å²) in [4.78, 5) is 0. The second kappa shape index (κ2) is 10.3. The third kappa shape index (κ3) is 7.84. The third-order valence-electron chi connectivity index (χ3n) is 2.09. The summed E-state index contributed by atoms with van der Waals surface area (Å²) in [5.41, 5.74) is 0. The van der Waals surface area contributed by atoms with Crippen LogP contribution in [-0.4, -0.2) is 9.78 Å². The lowest BCUT2D eigenvalue weighted by molar-refractivity contribution is 0.656. The minimum atomic E-state index is 0.965. The second-order valence-corrected chi connectivity index (χ2v) is 3.42. The van der Waals surface area contributed by atoms with Crippen molar-refractivity contribution in [3.63, 3.8) is 0 Å². The molecule has 1 aromatic rings. The highest BCUT2D eigenvalue weighted by molar-refractivity contribution is 4.76. The van der Waals surface area contributed by atoms with Crippen molar-refractivity contribution in [2.75, 3.05) is 0 Å². The van der Waals surface area contributed by atoms with Gasteiger partial charge in [-0.05, 0) is 13.0 Å². The average molecular weight is 196 g/mol. The molecule has 0 aliphatic rings. The highest BCUT2D eigenvalue weighted by atomic mass is 15.2. The first-order chi connectivity index (χ1) is 6.85. The normalized spacial score (nSPS) is 9.36. The molecular weight excluding hydrogens is 172 g/mol. The van der Waals surface area contributed by atoms with Gasteiger partial charge in [0.15, 0.2) is 0 Å². The lowest BCUT2D eigenvalue weighted by Gasteiger charge is -1.90. The fourth-order valence-corrected chi connectivity index (χ4v) is 1.16. The Balaban J connectivity index is 0.000000241. The van der Waals surface area contributed by atoms with Crippen LogP contribution in [0.1, 0.15) is 52.9 Å². The van der Waals surface area contributed by atoms with Crippen LogP contribution in [-0.2, 0) is 6.54 Å². The van der Waals surface area contributed by atoms with Gasteiger partial charge < -0.3 is 0 Å². The van der Waals surface area contributed by atoms with Crippen LogP contribution in [0.2, 0.25) is 0 Å². The van der Waals surface area contributed by atoms with Crippen LogP contribution in [0.5, 0.6) is 0 Å². The smallest absolute Gasteiger partial charge is 0.0489 e. The molecule has 14 heavy (non-hydrogen) atoms. The largest absolute Gasteiger partial charge is 0.273 e. The van der Waals surface area contributed by atoms with Crippen LogP contribution in [0.4, 0.5) is 0 Å². The monoisotopic (exact) mass is 196 g/mol. The number of hydrogen-bond donors (Lipinski definition) is 0.